The molecule has 1 saturated carbocycles. The van der Waals surface area contributed by atoms with Gasteiger partial charge in [0.15, 0.2) is 5.82 Å². The molecule has 0 atom stereocenters. The topological polar surface area (TPSA) is 80.5 Å². The van der Waals surface area contributed by atoms with Crippen molar-refractivity contribution in [2.45, 2.75) is 62.3 Å². The SMILES string of the molecule is CCCc1noc(CSc2n[nH]c(C3CCCC3)n2)n1. The number of H-pyrrole nitrogens is 1. The van der Waals surface area contributed by atoms with Crippen LogP contribution in [0.25, 0.3) is 0 Å². The van der Waals surface area contributed by atoms with E-state index in [1.807, 2.05) is 0 Å². The van der Waals surface area contributed by atoms with E-state index in [0.29, 0.717) is 17.6 Å². The first-order valence-corrected chi connectivity index (χ1v) is 8.20. The minimum atomic E-state index is 0.566. The number of nitrogens with zero attached hydrogens (tertiary/aromatic N) is 4. The van der Waals surface area contributed by atoms with Gasteiger partial charge in [0.05, 0.1) is 5.75 Å². The summed E-state index contributed by atoms with van der Waals surface area (Å²) in [5.41, 5.74) is 0. The molecular weight excluding hydrogens is 274 g/mol. The van der Waals surface area contributed by atoms with Gasteiger partial charge >= 0.3 is 0 Å². The molecule has 7 heteroatoms. The lowest BCUT2D eigenvalue weighted by Crippen LogP contribution is -1.94. The van der Waals surface area contributed by atoms with Crippen molar-refractivity contribution < 1.29 is 4.52 Å². The Morgan fingerprint density at radius 3 is 2.95 bits per heavy atom. The van der Waals surface area contributed by atoms with Crippen LogP contribution in [0.4, 0.5) is 0 Å². The summed E-state index contributed by atoms with van der Waals surface area (Å²) in [6, 6.07) is 0. The van der Waals surface area contributed by atoms with Crippen LogP contribution in [0, 0.1) is 0 Å². The number of nitrogens with one attached hydrogen (secondary N) is 1. The van der Waals surface area contributed by atoms with Crippen LogP contribution in [0.2, 0.25) is 0 Å². The molecule has 0 saturated heterocycles. The van der Waals surface area contributed by atoms with Gasteiger partial charge < -0.3 is 4.52 Å². The number of aromatic amines is 1. The van der Waals surface area contributed by atoms with Crippen LogP contribution >= 0.6 is 11.8 Å². The molecule has 0 aliphatic heterocycles. The van der Waals surface area contributed by atoms with Crippen molar-refractivity contribution in [2.24, 2.45) is 0 Å². The summed E-state index contributed by atoms with van der Waals surface area (Å²) in [6.07, 6.45) is 6.94. The first-order chi connectivity index (χ1) is 9.85. The van der Waals surface area contributed by atoms with Crippen molar-refractivity contribution in [3.8, 4) is 0 Å². The Hall–Kier alpha value is -1.37. The Morgan fingerprint density at radius 1 is 1.30 bits per heavy atom. The molecule has 0 unspecified atom stereocenters. The molecule has 6 nitrogen and oxygen atoms in total. The van der Waals surface area contributed by atoms with Crippen molar-refractivity contribution in [1.82, 2.24) is 25.3 Å². The molecule has 3 rings (SSSR count). The Kier molecular flexibility index (Phi) is 4.34. The number of thioether (sulfide) groups is 1. The van der Waals surface area contributed by atoms with Gasteiger partial charge in [0.2, 0.25) is 11.0 Å². The monoisotopic (exact) mass is 293 g/mol. The summed E-state index contributed by atoms with van der Waals surface area (Å²) in [5, 5.41) is 12.0. The summed E-state index contributed by atoms with van der Waals surface area (Å²) in [6.45, 7) is 2.10. The van der Waals surface area contributed by atoms with Crippen molar-refractivity contribution in [2.75, 3.05) is 0 Å². The Balaban J connectivity index is 1.54. The van der Waals surface area contributed by atoms with E-state index in [9.17, 15) is 0 Å². The van der Waals surface area contributed by atoms with E-state index in [2.05, 4.69) is 32.2 Å². The van der Waals surface area contributed by atoms with Gasteiger partial charge in [-0.15, -0.1) is 5.10 Å². The van der Waals surface area contributed by atoms with E-state index in [1.54, 1.807) is 0 Å². The summed E-state index contributed by atoms with van der Waals surface area (Å²) in [7, 11) is 0. The summed E-state index contributed by atoms with van der Waals surface area (Å²) in [4.78, 5) is 8.89. The van der Waals surface area contributed by atoms with E-state index in [0.717, 1.165) is 29.6 Å². The molecule has 0 spiro atoms. The smallest absolute Gasteiger partial charge is 0.237 e. The number of rotatable bonds is 6. The first kappa shape index (κ1) is 13.6. The fourth-order valence-corrected chi connectivity index (χ4v) is 3.15. The molecule has 108 valence electrons. The molecule has 0 bridgehead atoms. The first-order valence-electron chi connectivity index (χ1n) is 7.21. The largest absolute Gasteiger partial charge is 0.338 e. The molecule has 20 heavy (non-hydrogen) atoms. The Labute approximate surface area is 122 Å². The number of hydrogen-bond donors (Lipinski definition) is 1. The van der Waals surface area contributed by atoms with Crippen molar-refractivity contribution in [3.05, 3.63) is 17.5 Å². The van der Waals surface area contributed by atoms with Crippen LogP contribution in [0.1, 0.15) is 62.5 Å². The lowest BCUT2D eigenvalue weighted by molar-refractivity contribution is 0.384. The Bertz CT molecular complexity index is 546. The van der Waals surface area contributed by atoms with Crippen LogP contribution in [-0.4, -0.2) is 25.3 Å². The van der Waals surface area contributed by atoms with Crippen LogP contribution in [0.3, 0.4) is 0 Å². The lowest BCUT2D eigenvalue weighted by atomic mass is 10.1. The lowest BCUT2D eigenvalue weighted by Gasteiger charge is -2.01. The van der Waals surface area contributed by atoms with E-state index < -0.39 is 0 Å². The van der Waals surface area contributed by atoms with Gasteiger partial charge in [0, 0.05) is 12.3 Å². The average molecular weight is 293 g/mol. The average Bonchev–Trinajstić information content (AvgIpc) is 3.18. The highest BCUT2D eigenvalue weighted by molar-refractivity contribution is 7.98. The summed E-state index contributed by atoms with van der Waals surface area (Å²) < 4.78 is 5.20. The molecule has 2 heterocycles. The number of hydrogen-bond acceptors (Lipinski definition) is 6. The van der Waals surface area contributed by atoms with E-state index in [-0.39, 0.29) is 0 Å². The van der Waals surface area contributed by atoms with Gasteiger partial charge in [0.25, 0.3) is 0 Å². The van der Waals surface area contributed by atoms with E-state index >= 15 is 0 Å². The second kappa shape index (κ2) is 6.39. The Morgan fingerprint density at radius 2 is 2.15 bits per heavy atom. The molecule has 1 N–H and O–H groups in total. The normalized spacial score (nSPS) is 16.1. The fourth-order valence-electron chi connectivity index (χ4n) is 2.50. The third-order valence-electron chi connectivity index (χ3n) is 3.53. The number of aryl methyl sites for hydroxylation is 1. The summed E-state index contributed by atoms with van der Waals surface area (Å²) >= 11 is 1.53. The molecule has 1 fully saturated rings. The molecule has 2 aromatic heterocycles. The second-order valence-electron chi connectivity index (χ2n) is 5.13. The van der Waals surface area contributed by atoms with Gasteiger partial charge in [-0.05, 0) is 19.3 Å². The minimum Gasteiger partial charge on any atom is -0.338 e. The van der Waals surface area contributed by atoms with Gasteiger partial charge in [-0.3, -0.25) is 5.10 Å². The third kappa shape index (κ3) is 3.20. The quantitative estimate of drug-likeness (QED) is 0.824. The van der Waals surface area contributed by atoms with Crippen molar-refractivity contribution in [1.29, 1.82) is 0 Å². The van der Waals surface area contributed by atoms with Crippen molar-refractivity contribution >= 4 is 11.8 Å². The standard InChI is InChI=1S/C13H19N5OS/c1-2-5-10-14-11(19-18-10)8-20-13-15-12(16-17-13)9-6-3-4-7-9/h9H,2-8H2,1H3,(H,15,16,17). The number of aromatic nitrogens is 5. The second-order valence-corrected chi connectivity index (χ2v) is 6.07. The van der Waals surface area contributed by atoms with Crippen LogP contribution in [0.5, 0.6) is 0 Å². The molecule has 1 aliphatic carbocycles. The molecule has 2 aromatic rings. The zero-order valence-corrected chi connectivity index (χ0v) is 12.4. The van der Waals surface area contributed by atoms with E-state index in [1.165, 1.54) is 37.4 Å². The molecular formula is C13H19N5OS. The van der Waals surface area contributed by atoms with E-state index in [4.69, 9.17) is 4.52 Å². The summed E-state index contributed by atoms with van der Waals surface area (Å²) in [5.74, 6) is 3.65. The molecule has 0 radical (unpaired) electrons. The van der Waals surface area contributed by atoms with Gasteiger partial charge in [0.1, 0.15) is 5.82 Å². The molecule has 1 aliphatic rings. The molecule has 0 amide bonds. The predicted molar refractivity (Wildman–Crippen MR) is 75.4 cm³/mol. The van der Waals surface area contributed by atoms with Crippen LogP contribution < -0.4 is 0 Å². The van der Waals surface area contributed by atoms with Crippen molar-refractivity contribution in [3.63, 3.8) is 0 Å². The maximum absolute atomic E-state index is 5.20. The van der Waals surface area contributed by atoms with Crippen LogP contribution in [-0.2, 0) is 12.2 Å². The highest BCUT2D eigenvalue weighted by atomic mass is 32.2. The van der Waals surface area contributed by atoms with Gasteiger partial charge in [-0.1, -0.05) is 36.7 Å². The maximum atomic E-state index is 5.20. The zero-order chi connectivity index (χ0) is 13.8. The highest BCUT2D eigenvalue weighted by Gasteiger charge is 2.20. The molecule has 0 aromatic carbocycles. The van der Waals surface area contributed by atoms with Gasteiger partial charge in [-0.25, -0.2) is 4.98 Å². The maximum Gasteiger partial charge on any atom is 0.237 e. The predicted octanol–water partition coefficient (Wildman–Crippen LogP) is 3.09. The fraction of sp³-hybridized carbons (Fsp3) is 0.692. The highest BCUT2D eigenvalue weighted by Crippen LogP contribution is 2.32. The van der Waals surface area contributed by atoms with Gasteiger partial charge in [-0.2, -0.15) is 4.98 Å². The third-order valence-corrected chi connectivity index (χ3v) is 4.36. The zero-order valence-electron chi connectivity index (χ0n) is 11.6. The van der Waals surface area contributed by atoms with Crippen LogP contribution in [0.15, 0.2) is 9.68 Å². The minimum absolute atomic E-state index is 0.566.